The number of rotatable bonds is 3. The van der Waals surface area contributed by atoms with Gasteiger partial charge in [-0.2, -0.15) is 0 Å². The summed E-state index contributed by atoms with van der Waals surface area (Å²) in [6, 6.07) is 1.72. The van der Waals surface area contributed by atoms with E-state index in [2.05, 4.69) is 15.9 Å². The van der Waals surface area contributed by atoms with Crippen molar-refractivity contribution in [2.45, 2.75) is 24.6 Å². The molecule has 0 aliphatic carbocycles. The zero-order valence-corrected chi connectivity index (χ0v) is 10.9. The number of hydrogen-bond donors (Lipinski definition) is 0. The van der Waals surface area contributed by atoms with Gasteiger partial charge in [-0.3, -0.25) is 0 Å². The number of halogens is 4. The molecular formula is C9H10BrClF2S. The maximum Gasteiger partial charge on any atom is 0.249 e. The Kier molecular flexibility index (Phi) is 3.95. The maximum absolute atomic E-state index is 13.0. The Morgan fingerprint density at radius 1 is 1.57 bits per heavy atom. The molecule has 0 amide bonds. The summed E-state index contributed by atoms with van der Waals surface area (Å²) in [6.45, 7) is 2.43. The van der Waals surface area contributed by atoms with Gasteiger partial charge in [0.1, 0.15) is 0 Å². The van der Waals surface area contributed by atoms with E-state index in [1.165, 1.54) is 18.3 Å². The molecule has 0 radical (unpaired) electrons. The summed E-state index contributed by atoms with van der Waals surface area (Å²) in [4.78, 5) is 0.371. The summed E-state index contributed by atoms with van der Waals surface area (Å²) in [6.07, 6.45) is 0. The molecule has 2 atom stereocenters. The summed E-state index contributed by atoms with van der Waals surface area (Å²) in [5, 5.41) is 2.35. The standard InChI is InChI=1S/C9H10BrClF2S/c1-5(9(2,12)13)7(10)8-6(11)3-4-14-8/h3-5,7H,1-2H3. The van der Waals surface area contributed by atoms with E-state index >= 15 is 0 Å². The maximum atomic E-state index is 13.0. The fraction of sp³-hybridized carbons (Fsp3) is 0.556. The Hall–Kier alpha value is 0.330. The van der Waals surface area contributed by atoms with Crippen LogP contribution in [-0.4, -0.2) is 5.92 Å². The highest BCUT2D eigenvalue weighted by atomic mass is 79.9. The van der Waals surface area contributed by atoms with Crippen molar-refractivity contribution in [3.63, 3.8) is 0 Å². The summed E-state index contributed by atoms with van der Waals surface area (Å²) in [5.74, 6) is -3.49. The molecule has 1 heterocycles. The van der Waals surface area contributed by atoms with Gasteiger partial charge in [0.25, 0.3) is 0 Å². The minimum absolute atomic E-state index is 0.394. The summed E-state index contributed by atoms with van der Waals surface area (Å²) < 4.78 is 26.0. The lowest BCUT2D eigenvalue weighted by molar-refractivity contribution is -0.0321. The third-order valence-electron chi connectivity index (χ3n) is 2.13. The molecule has 1 aromatic rings. The zero-order valence-electron chi connectivity index (χ0n) is 7.73. The van der Waals surface area contributed by atoms with Crippen LogP contribution in [0, 0.1) is 5.92 Å². The molecule has 0 saturated carbocycles. The van der Waals surface area contributed by atoms with Crippen LogP contribution >= 0.6 is 38.9 Å². The van der Waals surface area contributed by atoms with Gasteiger partial charge in [0.05, 0.1) is 9.85 Å². The molecule has 14 heavy (non-hydrogen) atoms. The van der Waals surface area contributed by atoms with Crippen LogP contribution in [0.4, 0.5) is 8.78 Å². The van der Waals surface area contributed by atoms with Crippen molar-refractivity contribution in [1.29, 1.82) is 0 Å². The van der Waals surface area contributed by atoms with Crippen molar-refractivity contribution >= 4 is 38.9 Å². The highest BCUT2D eigenvalue weighted by molar-refractivity contribution is 9.09. The van der Waals surface area contributed by atoms with Crippen molar-refractivity contribution in [3.8, 4) is 0 Å². The lowest BCUT2D eigenvalue weighted by atomic mass is 10.0. The van der Waals surface area contributed by atoms with Crippen molar-refractivity contribution in [2.75, 3.05) is 0 Å². The molecule has 0 N–H and O–H groups in total. The molecule has 0 saturated heterocycles. The predicted molar refractivity (Wildman–Crippen MR) is 60.8 cm³/mol. The van der Waals surface area contributed by atoms with Crippen LogP contribution in [0.15, 0.2) is 11.4 Å². The molecule has 0 aliphatic heterocycles. The van der Waals surface area contributed by atoms with E-state index in [-0.39, 0.29) is 0 Å². The van der Waals surface area contributed by atoms with Gasteiger partial charge in [0, 0.05) is 10.8 Å². The Bertz CT molecular complexity index is 308. The Morgan fingerprint density at radius 2 is 2.14 bits per heavy atom. The van der Waals surface area contributed by atoms with Crippen LogP contribution < -0.4 is 0 Å². The second-order valence-electron chi connectivity index (χ2n) is 3.28. The topological polar surface area (TPSA) is 0 Å². The normalized spacial score (nSPS) is 16.7. The minimum Gasteiger partial charge on any atom is -0.207 e. The molecule has 0 aromatic carbocycles. The first-order chi connectivity index (χ1) is 6.34. The largest absolute Gasteiger partial charge is 0.249 e. The molecule has 80 valence electrons. The van der Waals surface area contributed by atoms with Crippen molar-refractivity contribution in [1.82, 2.24) is 0 Å². The molecule has 0 nitrogen and oxygen atoms in total. The Morgan fingerprint density at radius 3 is 2.50 bits per heavy atom. The summed E-state index contributed by atoms with van der Waals surface area (Å²) in [7, 11) is 0. The van der Waals surface area contributed by atoms with Gasteiger partial charge in [0.15, 0.2) is 0 Å². The monoisotopic (exact) mass is 302 g/mol. The van der Waals surface area contributed by atoms with Gasteiger partial charge in [-0.1, -0.05) is 34.5 Å². The van der Waals surface area contributed by atoms with E-state index in [9.17, 15) is 8.78 Å². The summed E-state index contributed by atoms with van der Waals surface area (Å²) >= 11 is 10.5. The summed E-state index contributed by atoms with van der Waals surface area (Å²) in [5.41, 5.74) is 0. The molecule has 1 rings (SSSR count). The van der Waals surface area contributed by atoms with Crippen LogP contribution in [0.5, 0.6) is 0 Å². The number of thiophene rings is 1. The highest BCUT2D eigenvalue weighted by Crippen LogP contribution is 2.44. The minimum atomic E-state index is -2.71. The van der Waals surface area contributed by atoms with Gasteiger partial charge in [-0.05, 0) is 18.4 Å². The van der Waals surface area contributed by atoms with Gasteiger partial charge < -0.3 is 0 Å². The third-order valence-corrected chi connectivity index (χ3v) is 5.13. The molecule has 1 aromatic heterocycles. The van der Waals surface area contributed by atoms with Crippen LogP contribution in [0.3, 0.4) is 0 Å². The number of hydrogen-bond acceptors (Lipinski definition) is 1. The van der Waals surface area contributed by atoms with Crippen molar-refractivity contribution in [2.24, 2.45) is 5.92 Å². The van der Waals surface area contributed by atoms with E-state index in [0.717, 1.165) is 11.8 Å². The van der Waals surface area contributed by atoms with Crippen LogP contribution in [-0.2, 0) is 0 Å². The SMILES string of the molecule is CC(C(Br)c1sccc1Cl)C(C)(F)F. The first-order valence-electron chi connectivity index (χ1n) is 4.09. The van der Waals surface area contributed by atoms with E-state index in [0.29, 0.717) is 5.02 Å². The Balaban J connectivity index is 2.86. The van der Waals surface area contributed by atoms with Gasteiger partial charge in [-0.15, -0.1) is 11.3 Å². The molecular weight excluding hydrogens is 294 g/mol. The molecule has 0 bridgehead atoms. The second-order valence-corrected chi connectivity index (χ2v) is 5.62. The van der Waals surface area contributed by atoms with Crippen LogP contribution in [0.25, 0.3) is 0 Å². The molecule has 0 aliphatic rings. The first-order valence-corrected chi connectivity index (χ1v) is 6.26. The Labute approximate surface area is 99.4 Å². The van der Waals surface area contributed by atoms with Gasteiger partial charge in [0.2, 0.25) is 5.92 Å². The second kappa shape index (κ2) is 4.45. The molecule has 5 heteroatoms. The van der Waals surface area contributed by atoms with Crippen LogP contribution in [0.2, 0.25) is 5.02 Å². The fourth-order valence-corrected chi connectivity index (χ4v) is 3.41. The van der Waals surface area contributed by atoms with Crippen molar-refractivity contribution in [3.05, 3.63) is 21.3 Å². The first kappa shape index (κ1) is 12.4. The average Bonchev–Trinajstić information content (AvgIpc) is 2.47. The predicted octanol–water partition coefficient (Wildman–Crippen LogP) is 5.13. The average molecular weight is 304 g/mol. The lowest BCUT2D eigenvalue weighted by Gasteiger charge is -2.23. The van der Waals surface area contributed by atoms with E-state index in [4.69, 9.17) is 11.6 Å². The van der Waals surface area contributed by atoms with Gasteiger partial charge >= 0.3 is 0 Å². The quantitative estimate of drug-likeness (QED) is 0.679. The highest BCUT2D eigenvalue weighted by Gasteiger charge is 2.36. The molecule has 0 spiro atoms. The fourth-order valence-electron chi connectivity index (χ4n) is 0.986. The van der Waals surface area contributed by atoms with Gasteiger partial charge in [-0.25, -0.2) is 8.78 Å². The zero-order chi connectivity index (χ0) is 10.9. The van der Waals surface area contributed by atoms with E-state index in [1.807, 2.05) is 0 Å². The third kappa shape index (κ3) is 2.67. The molecule has 2 unspecified atom stereocenters. The van der Waals surface area contributed by atoms with Crippen LogP contribution in [0.1, 0.15) is 23.6 Å². The molecule has 0 fully saturated rings. The van der Waals surface area contributed by atoms with Crippen molar-refractivity contribution < 1.29 is 8.78 Å². The lowest BCUT2D eigenvalue weighted by Crippen LogP contribution is -2.24. The van der Waals surface area contributed by atoms with E-state index in [1.54, 1.807) is 11.4 Å². The van der Waals surface area contributed by atoms with E-state index < -0.39 is 16.7 Å². The number of alkyl halides is 3. The smallest absolute Gasteiger partial charge is 0.207 e.